The number of benzene rings is 2. The SMILES string of the molecule is COc1cc2c(cc1OC)/C(=C/c1ccc(C(F)(F)F)cc1)C(=O)N2. The van der Waals surface area contributed by atoms with Gasteiger partial charge in [-0.05, 0) is 29.8 Å². The predicted octanol–water partition coefficient (Wildman–Crippen LogP) is 4.22. The van der Waals surface area contributed by atoms with Crippen LogP contribution in [0, 0.1) is 0 Å². The minimum atomic E-state index is -4.40. The number of halogens is 3. The van der Waals surface area contributed by atoms with Gasteiger partial charge in [-0.3, -0.25) is 4.79 Å². The van der Waals surface area contributed by atoms with Crippen molar-refractivity contribution in [3.8, 4) is 11.5 Å². The third-order valence-electron chi connectivity index (χ3n) is 3.86. The maximum absolute atomic E-state index is 12.6. The molecule has 0 aliphatic carbocycles. The monoisotopic (exact) mass is 349 g/mol. The fourth-order valence-electron chi connectivity index (χ4n) is 2.60. The van der Waals surface area contributed by atoms with E-state index < -0.39 is 11.7 Å². The molecule has 2 aromatic rings. The van der Waals surface area contributed by atoms with Crippen molar-refractivity contribution in [3.05, 3.63) is 53.1 Å². The molecular weight excluding hydrogens is 335 g/mol. The van der Waals surface area contributed by atoms with Crippen molar-refractivity contribution in [2.45, 2.75) is 6.18 Å². The van der Waals surface area contributed by atoms with Crippen LogP contribution in [0.25, 0.3) is 11.6 Å². The first-order valence-electron chi connectivity index (χ1n) is 7.30. The summed E-state index contributed by atoms with van der Waals surface area (Å²) in [5.41, 5.74) is 1.25. The number of carbonyl (C=O) groups excluding carboxylic acids is 1. The number of rotatable bonds is 3. The lowest BCUT2D eigenvalue weighted by atomic mass is 10.0. The Balaban J connectivity index is 2.02. The Morgan fingerprint density at radius 1 is 1.00 bits per heavy atom. The summed E-state index contributed by atoms with van der Waals surface area (Å²) in [6, 6.07) is 7.90. The molecule has 0 saturated carbocycles. The molecule has 130 valence electrons. The van der Waals surface area contributed by atoms with Gasteiger partial charge in [-0.2, -0.15) is 13.2 Å². The first-order chi connectivity index (χ1) is 11.8. The van der Waals surface area contributed by atoms with Gasteiger partial charge in [-0.15, -0.1) is 0 Å². The van der Waals surface area contributed by atoms with Crippen LogP contribution in [0.15, 0.2) is 36.4 Å². The molecule has 4 nitrogen and oxygen atoms in total. The molecule has 1 amide bonds. The molecule has 0 unspecified atom stereocenters. The Labute approximate surface area is 141 Å². The first kappa shape index (κ1) is 16.9. The third kappa shape index (κ3) is 3.17. The summed E-state index contributed by atoms with van der Waals surface area (Å²) < 4.78 is 48.3. The van der Waals surface area contributed by atoms with E-state index in [1.807, 2.05) is 0 Å². The molecule has 0 saturated heterocycles. The Morgan fingerprint density at radius 2 is 1.60 bits per heavy atom. The average molecular weight is 349 g/mol. The zero-order chi connectivity index (χ0) is 18.2. The van der Waals surface area contributed by atoms with Crippen LogP contribution in [-0.2, 0) is 11.0 Å². The van der Waals surface area contributed by atoms with Gasteiger partial charge in [0, 0.05) is 17.2 Å². The quantitative estimate of drug-likeness (QED) is 0.844. The first-order valence-corrected chi connectivity index (χ1v) is 7.30. The fourth-order valence-corrected chi connectivity index (χ4v) is 2.60. The molecule has 25 heavy (non-hydrogen) atoms. The normalized spacial score (nSPS) is 15.1. The maximum Gasteiger partial charge on any atom is 0.416 e. The van der Waals surface area contributed by atoms with E-state index in [0.717, 1.165) is 12.1 Å². The highest BCUT2D eigenvalue weighted by Gasteiger charge is 2.30. The highest BCUT2D eigenvalue weighted by Crippen LogP contribution is 2.41. The van der Waals surface area contributed by atoms with E-state index in [2.05, 4.69) is 5.32 Å². The van der Waals surface area contributed by atoms with Crippen molar-refractivity contribution in [1.82, 2.24) is 0 Å². The average Bonchev–Trinajstić information content (AvgIpc) is 2.88. The second kappa shape index (κ2) is 6.16. The molecule has 0 radical (unpaired) electrons. The number of nitrogens with one attached hydrogen (secondary N) is 1. The van der Waals surface area contributed by atoms with Crippen LogP contribution in [0.3, 0.4) is 0 Å². The lowest BCUT2D eigenvalue weighted by Gasteiger charge is -2.09. The molecule has 1 N–H and O–H groups in total. The lowest BCUT2D eigenvalue weighted by Crippen LogP contribution is -2.04. The molecule has 0 aromatic heterocycles. The van der Waals surface area contributed by atoms with Gasteiger partial charge >= 0.3 is 6.18 Å². The minimum absolute atomic E-state index is 0.342. The number of alkyl halides is 3. The zero-order valence-corrected chi connectivity index (χ0v) is 13.4. The number of hydrogen-bond donors (Lipinski definition) is 1. The van der Waals surface area contributed by atoms with Gasteiger partial charge in [0.05, 0.1) is 25.5 Å². The summed E-state index contributed by atoms with van der Waals surface area (Å²) in [5.74, 6) is 0.582. The molecule has 0 fully saturated rings. The topological polar surface area (TPSA) is 47.6 Å². The van der Waals surface area contributed by atoms with Gasteiger partial charge in [0.1, 0.15) is 0 Å². The molecule has 0 spiro atoms. The minimum Gasteiger partial charge on any atom is -0.493 e. The highest BCUT2D eigenvalue weighted by molar-refractivity contribution is 6.35. The van der Waals surface area contributed by atoms with E-state index in [1.54, 1.807) is 12.1 Å². The number of ether oxygens (including phenoxy) is 2. The molecule has 7 heteroatoms. The largest absolute Gasteiger partial charge is 0.493 e. The van der Waals surface area contributed by atoms with Gasteiger partial charge < -0.3 is 14.8 Å². The Morgan fingerprint density at radius 3 is 2.16 bits per heavy atom. The van der Waals surface area contributed by atoms with Crippen molar-refractivity contribution < 1.29 is 27.4 Å². The van der Waals surface area contributed by atoms with Gasteiger partial charge in [0.2, 0.25) is 0 Å². The fraction of sp³-hybridized carbons (Fsp3) is 0.167. The van der Waals surface area contributed by atoms with E-state index in [4.69, 9.17) is 9.47 Å². The summed E-state index contributed by atoms with van der Waals surface area (Å²) in [7, 11) is 2.97. The second-order valence-corrected chi connectivity index (χ2v) is 5.38. The molecule has 0 atom stereocenters. The van der Waals surface area contributed by atoms with E-state index in [-0.39, 0.29) is 5.91 Å². The lowest BCUT2D eigenvalue weighted by molar-refractivity contribution is -0.137. The third-order valence-corrected chi connectivity index (χ3v) is 3.86. The number of hydrogen-bond acceptors (Lipinski definition) is 3. The maximum atomic E-state index is 12.6. The molecule has 1 aliphatic rings. The number of methoxy groups -OCH3 is 2. The zero-order valence-electron chi connectivity index (χ0n) is 13.4. The number of anilines is 1. The van der Waals surface area contributed by atoms with Gasteiger partial charge in [0.15, 0.2) is 11.5 Å². The van der Waals surface area contributed by atoms with Crippen LogP contribution in [0.2, 0.25) is 0 Å². The van der Waals surface area contributed by atoms with Gasteiger partial charge in [0.25, 0.3) is 5.91 Å². The van der Waals surface area contributed by atoms with Crippen LogP contribution in [0.1, 0.15) is 16.7 Å². The van der Waals surface area contributed by atoms with Crippen molar-refractivity contribution in [2.24, 2.45) is 0 Å². The predicted molar refractivity (Wildman–Crippen MR) is 87.5 cm³/mol. The van der Waals surface area contributed by atoms with Crippen molar-refractivity contribution in [2.75, 3.05) is 19.5 Å². The summed E-state index contributed by atoms with van der Waals surface area (Å²) >= 11 is 0. The number of fused-ring (bicyclic) bond motifs is 1. The Hall–Kier alpha value is -2.96. The summed E-state index contributed by atoms with van der Waals surface area (Å²) in [4.78, 5) is 12.2. The Kier molecular flexibility index (Phi) is 4.16. The van der Waals surface area contributed by atoms with Crippen molar-refractivity contribution >= 4 is 23.2 Å². The van der Waals surface area contributed by atoms with Gasteiger partial charge in [-0.1, -0.05) is 12.1 Å². The molecule has 1 heterocycles. The van der Waals surface area contributed by atoms with Crippen molar-refractivity contribution in [1.29, 1.82) is 0 Å². The van der Waals surface area contributed by atoms with Crippen LogP contribution < -0.4 is 14.8 Å². The summed E-state index contributed by atoms with van der Waals surface area (Å²) in [6.07, 6.45) is -2.86. The second-order valence-electron chi connectivity index (χ2n) is 5.38. The van der Waals surface area contributed by atoms with E-state index >= 15 is 0 Å². The number of amides is 1. The summed E-state index contributed by atoms with van der Waals surface area (Å²) in [5, 5.41) is 2.71. The number of carbonyl (C=O) groups is 1. The summed E-state index contributed by atoms with van der Waals surface area (Å²) in [6.45, 7) is 0. The molecular formula is C18H14F3NO3. The molecule has 0 bridgehead atoms. The van der Waals surface area contributed by atoms with Crippen molar-refractivity contribution in [3.63, 3.8) is 0 Å². The van der Waals surface area contributed by atoms with Crippen LogP contribution in [0.4, 0.5) is 18.9 Å². The highest BCUT2D eigenvalue weighted by atomic mass is 19.4. The molecule has 2 aromatic carbocycles. The van der Waals surface area contributed by atoms with Crippen LogP contribution in [-0.4, -0.2) is 20.1 Å². The van der Waals surface area contributed by atoms with Gasteiger partial charge in [-0.25, -0.2) is 0 Å². The van der Waals surface area contributed by atoms with E-state index in [1.165, 1.54) is 32.4 Å². The van der Waals surface area contributed by atoms with E-state index in [0.29, 0.717) is 33.9 Å². The van der Waals surface area contributed by atoms with Crippen LogP contribution in [0.5, 0.6) is 11.5 Å². The smallest absolute Gasteiger partial charge is 0.416 e. The Bertz CT molecular complexity index is 855. The molecule has 1 aliphatic heterocycles. The molecule has 3 rings (SSSR count). The standard InChI is InChI=1S/C18H14F3NO3/c1-24-15-8-12-13(17(23)22-14(12)9-16(15)25-2)7-10-3-5-11(6-4-10)18(19,20)21/h3-9H,1-2H3,(H,22,23)/b13-7-. The van der Waals surface area contributed by atoms with E-state index in [9.17, 15) is 18.0 Å². The van der Waals surface area contributed by atoms with Crippen LogP contribution >= 0.6 is 0 Å².